The lowest BCUT2D eigenvalue weighted by Gasteiger charge is -2.43. The van der Waals surface area contributed by atoms with Crippen molar-refractivity contribution >= 4 is 11.7 Å². The average Bonchev–Trinajstić information content (AvgIpc) is 2.97. The number of hydrogen-bond acceptors (Lipinski definition) is 7. The van der Waals surface area contributed by atoms with E-state index in [0.717, 1.165) is 31.5 Å². The topological polar surface area (TPSA) is 95.2 Å². The molecule has 1 amide bonds. The molecule has 5 rings (SSSR count). The maximum Gasteiger partial charge on any atom is 0.248 e. The molecule has 160 valence electrons. The quantitative estimate of drug-likeness (QED) is 0.735. The summed E-state index contributed by atoms with van der Waals surface area (Å²) in [6.07, 6.45) is 8.86. The molecule has 2 aromatic rings. The van der Waals surface area contributed by atoms with Crippen molar-refractivity contribution in [2.24, 2.45) is 5.92 Å². The van der Waals surface area contributed by atoms with Gasteiger partial charge in [-0.1, -0.05) is 6.92 Å². The minimum atomic E-state index is -0.516. The number of pyridine rings is 1. The van der Waals surface area contributed by atoms with Crippen LogP contribution in [0, 0.1) is 17.2 Å². The minimum absolute atomic E-state index is 0.0266. The predicted octanol–water partition coefficient (Wildman–Crippen LogP) is 2.26. The van der Waals surface area contributed by atoms with E-state index in [2.05, 4.69) is 32.8 Å². The molecule has 31 heavy (non-hydrogen) atoms. The van der Waals surface area contributed by atoms with Crippen molar-refractivity contribution in [1.29, 1.82) is 5.26 Å². The first-order chi connectivity index (χ1) is 15.1. The van der Waals surface area contributed by atoms with Gasteiger partial charge in [0.2, 0.25) is 5.91 Å². The Kier molecular flexibility index (Phi) is 5.06. The van der Waals surface area contributed by atoms with Crippen molar-refractivity contribution in [3.8, 4) is 6.07 Å². The number of fused-ring (bicyclic) bond motifs is 2. The third-order valence-corrected chi connectivity index (χ3v) is 6.99. The molecular weight excluding hydrogens is 392 g/mol. The van der Waals surface area contributed by atoms with Crippen LogP contribution >= 0.6 is 0 Å². The summed E-state index contributed by atoms with van der Waals surface area (Å²) in [5.74, 6) is 2.06. The van der Waals surface area contributed by atoms with Crippen LogP contribution in [-0.4, -0.2) is 57.5 Å². The summed E-state index contributed by atoms with van der Waals surface area (Å²) < 4.78 is 6.15. The fourth-order valence-electron chi connectivity index (χ4n) is 5.15. The van der Waals surface area contributed by atoms with Gasteiger partial charge in [-0.2, -0.15) is 5.26 Å². The van der Waals surface area contributed by atoms with E-state index in [-0.39, 0.29) is 24.6 Å². The SMILES string of the molecule is C[C@H]1CC2CN(C(=O)COC3(c4ncccn4)CCC3)CC1N2c1ccc(C#N)cn1. The van der Waals surface area contributed by atoms with Crippen molar-refractivity contribution in [2.45, 2.75) is 50.3 Å². The van der Waals surface area contributed by atoms with Crippen LogP contribution < -0.4 is 4.90 Å². The Balaban J connectivity index is 1.25. The minimum Gasteiger partial charge on any atom is -0.357 e. The van der Waals surface area contributed by atoms with Crippen molar-refractivity contribution in [3.63, 3.8) is 0 Å². The molecule has 8 heteroatoms. The Morgan fingerprint density at radius 3 is 2.68 bits per heavy atom. The molecule has 8 nitrogen and oxygen atoms in total. The third kappa shape index (κ3) is 3.53. The summed E-state index contributed by atoms with van der Waals surface area (Å²) in [7, 11) is 0. The molecule has 3 aliphatic rings. The summed E-state index contributed by atoms with van der Waals surface area (Å²) in [5.41, 5.74) is 0.0414. The lowest BCUT2D eigenvalue weighted by molar-refractivity contribution is -0.156. The van der Waals surface area contributed by atoms with Crippen molar-refractivity contribution < 1.29 is 9.53 Å². The molecule has 0 aromatic carbocycles. The molecule has 0 spiro atoms. The molecule has 3 atom stereocenters. The van der Waals surface area contributed by atoms with Gasteiger partial charge < -0.3 is 14.5 Å². The van der Waals surface area contributed by atoms with Crippen LogP contribution in [0.15, 0.2) is 36.8 Å². The fraction of sp³-hybridized carbons (Fsp3) is 0.522. The first kappa shape index (κ1) is 19.9. The Bertz CT molecular complexity index is 985. The number of carbonyl (C=O) groups excluding carboxylic acids is 1. The molecule has 2 bridgehead atoms. The van der Waals surface area contributed by atoms with Crippen LogP contribution in [0.25, 0.3) is 0 Å². The van der Waals surface area contributed by atoms with Gasteiger partial charge in [0.25, 0.3) is 0 Å². The number of rotatable bonds is 5. The number of hydrogen-bond donors (Lipinski definition) is 0. The highest BCUT2D eigenvalue weighted by atomic mass is 16.5. The fourth-order valence-corrected chi connectivity index (χ4v) is 5.15. The van der Waals surface area contributed by atoms with Gasteiger partial charge in [-0.05, 0) is 49.8 Å². The average molecular weight is 419 g/mol. The molecule has 1 saturated carbocycles. The molecule has 2 unspecified atom stereocenters. The Hall–Kier alpha value is -3.05. The second-order valence-corrected chi connectivity index (χ2v) is 8.87. The van der Waals surface area contributed by atoms with E-state index in [4.69, 9.17) is 10.00 Å². The number of aromatic nitrogens is 3. The van der Waals surface area contributed by atoms with Gasteiger partial charge >= 0.3 is 0 Å². The number of likely N-dealkylation sites (tertiary alicyclic amines) is 1. The standard InChI is InChI=1S/C23H26N6O2/c1-16-10-18-13-28(14-19(16)29(18)20-5-4-17(11-24)12-27-20)21(30)15-31-23(6-2-7-23)22-25-8-3-9-26-22/h3-5,8-9,12,16,18-19H,2,6-7,10,13-15H2,1H3/t16-,18?,19?/m0/s1. The van der Waals surface area contributed by atoms with Crippen LogP contribution in [0.4, 0.5) is 5.82 Å². The maximum atomic E-state index is 13.1. The van der Waals surface area contributed by atoms with Gasteiger partial charge in [0.15, 0.2) is 5.82 Å². The smallest absolute Gasteiger partial charge is 0.248 e. The number of carbonyl (C=O) groups is 1. The highest BCUT2D eigenvalue weighted by Crippen LogP contribution is 2.43. The summed E-state index contributed by atoms with van der Waals surface area (Å²) in [4.78, 5) is 30.6. The van der Waals surface area contributed by atoms with E-state index in [1.807, 2.05) is 17.0 Å². The van der Waals surface area contributed by atoms with Gasteiger partial charge in [-0.15, -0.1) is 0 Å². The number of ether oxygens (including phenoxy) is 1. The Labute approximate surface area is 181 Å². The van der Waals surface area contributed by atoms with Gasteiger partial charge in [0, 0.05) is 37.7 Å². The lowest BCUT2D eigenvalue weighted by atomic mass is 9.79. The summed E-state index contributed by atoms with van der Waals surface area (Å²) in [6.45, 7) is 3.62. The predicted molar refractivity (Wildman–Crippen MR) is 113 cm³/mol. The molecule has 0 N–H and O–H groups in total. The molecule has 0 radical (unpaired) electrons. The molecule has 3 fully saturated rings. The zero-order valence-electron chi connectivity index (χ0n) is 17.6. The molecular formula is C23H26N6O2. The number of amides is 1. The molecule has 2 aliphatic heterocycles. The number of piperazine rings is 1. The number of nitriles is 1. The van der Waals surface area contributed by atoms with E-state index in [1.54, 1.807) is 24.7 Å². The summed E-state index contributed by atoms with van der Waals surface area (Å²) in [6, 6.07) is 8.08. The summed E-state index contributed by atoms with van der Waals surface area (Å²) >= 11 is 0. The van der Waals surface area contributed by atoms with E-state index in [0.29, 0.717) is 30.4 Å². The Morgan fingerprint density at radius 1 is 1.26 bits per heavy atom. The van der Waals surface area contributed by atoms with Crippen molar-refractivity contribution in [3.05, 3.63) is 48.2 Å². The first-order valence-electron chi connectivity index (χ1n) is 10.9. The monoisotopic (exact) mass is 418 g/mol. The van der Waals surface area contributed by atoms with Crippen molar-refractivity contribution in [2.75, 3.05) is 24.6 Å². The molecule has 2 saturated heterocycles. The summed E-state index contributed by atoms with van der Waals surface area (Å²) in [5, 5.41) is 9.03. The first-order valence-corrected chi connectivity index (χ1v) is 10.9. The Morgan fingerprint density at radius 2 is 2.06 bits per heavy atom. The second-order valence-electron chi connectivity index (χ2n) is 8.87. The molecule has 1 aliphatic carbocycles. The van der Waals surface area contributed by atoms with Crippen LogP contribution in [0.3, 0.4) is 0 Å². The van der Waals surface area contributed by atoms with E-state index >= 15 is 0 Å². The van der Waals surface area contributed by atoms with Crippen LogP contribution in [0.2, 0.25) is 0 Å². The van der Waals surface area contributed by atoms with Gasteiger partial charge in [0.05, 0.1) is 11.6 Å². The van der Waals surface area contributed by atoms with E-state index in [1.165, 1.54) is 0 Å². The van der Waals surface area contributed by atoms with Gasteiger partial charge in [0.1, 0.15) is 24.1 Å². The molecule has 4 heterocycles. The number of nitrogens with zero attached hydrogens (tertiary/aromatic N) is 6. The van der Waals surface area contributed by atoms with Gasteiger partial charge in [-0.3, -0.25) is 4.79 Å². The van der Waals surface area contributed by atoms with Crippen LogP contribution in [-0.2, 0) is 15.1 Å². The lowest BCUT2D eigenvalue weighted by Crippen LogP contribution is -2.57. The maximum absolute atomic E-state index is 13.1. The van der Waals surface area contributed by atoms with E-state index < -0.39 is 5.60 Å². The van der Waals surface area contributed by atoms with E-state index in [9.17, 15) is 4.79 Å². The zero-order valence-corrected chi connectivity index (χ0v) is 17.6. The second kappa shape index (κ2) is 7.89. The normalized spacial score (nSPS) is 26.3. The molecule has 2 aromatic heterocycles. The van der Waals surface area contributed by atoms with Crippen molar-refractivity contribution in [1.82, 2.24) is 19.9 Å². The highest BCUT2D eigenvalue weighted by Gasteiger charge is 2.47. The third-order valence-electron chi connectivity index (χ3n) is 6.99. The van der Waals surface area contributed by atoms with Crippen LogP contribution in [0.5, 0.6) is 0 Å². The largest absolute Gasteiger partial charge is 0.357 e. The zero-order chi connectivity index (χ0) is 21.4. The number of anilines is 1. The van der Waals surface area contributed by atoms with Gasteiger partial charge in [-0.25, -0.2) is 15.0 Å². The van der Waals surface area contributed by atoms with Crippen LogP contribution in [0.1, 0.15) is 44.0 Å². The highest BCUT2D eigenvalue weighted by molar-refractivity contribution is 5.78.